The van der Waals surface area contributed by atoms with Crippen LogP contribution in [0.25, 0.3) is 0 Å². The van der Waals surface area contributed by atoms with E-state index in [9.17, 15) is 0 Å². The molecule has 2 rings (SSSR count). The quantitative estimate of drug-likeness (QED) is 0.578. The summed E-state index contributed by atoms with van der Waals surface area (Å²) in [5, 5.41) is 0. The molecule has 0 N–H and O–H groups in total. The van der Waals surface area contributed by atoms with E-state index in [-0.39, 0.29) is 0 Å². The lowest BCUT2D eigenvalue weighted by atomic mass is 9.86. The number of allylic oxidation sites excluding steroid dienone is 3. The highest BCUT2D eigenvalue weighted by Gasteiger charge is 2.19. The zero-order valence-electron chi connectivity index (χ0n) is 8.14. The molecule has 0 radical (unpaired) electrons. The first kappa shape index (κ1) is 8.49. The maximum atomic E-state index is 4.40. The van der Waals surface area contributed by atoms with Gasteiger partial charge in [0.25, 0.3) is 0 Å². The molecule has 2 unspecified atom stereocenters. The lowest BCUT2D eigenvalue weighted by molar-refractivity contribution is 0.655. The van der Waals surface area contributed by atoms with Gasteiger partial charge < -0.3 is 0 Å². The van der Waals surface area contributed by atoms with Crippen LogP contribution in [0.3, 0.4) is 0 Å². The predicted octanol–water partition coefficient (Wildman–Crippen LogP) is 2.76. The maximum Gasteiger partial charge on any atom is 0.0780 e. The van der Waals surface area contributed by atoms with E-state index in [1.54, 1.807) is 0 Å². The highest BCUT2D eigenvalue weighted by atomic mass is 14.8. The van der Waals surface area contributed by atoms with Crippen LogP contribution >= 0.6 is 0 Å². The summed E-state index contributed by atoms with van der Waals surface area (Å²) in [6.07, 6.45) is 12.9. The second-order valence-electron chi connectivity index (χ2n) is 3.93. The van der Waals surface area contributed by atoms with Crippen molar-refractivity contribution in [3.05, 3.63) is 36.0 Å². The molecule has 1 heterocycles. The average Bonchev–Trinajstić information content (AvgIpc) is 2.17. The number of nitrogens with zero attached hydrogens (tertiary/aromatic N) is 1. The minimum atomic E-state index is 0.354. The lowest BCUT2D eigenvalue weighted by Crippen LogP contribution is -2.19. The molecule has 1 heteroatoms. The Morgan fingerprint density at radius 3 is 2.92 bits per heavy atom. The van der Waals surface area contributed by atoms with Gasteiger partial charge in [0.15, 0.2) is 0 Å². The summed E-state index contributed by atoms with van der Waals surface area (Å²) in [5.41, 5.74) is 1.43. The first-order valence-corrected chi connectivity index (χ1v) is 4.87. The van der Waals surface area contributed by atoms with Crippen molar-refractivity contribution in [3.8, 4) is 0 Å². The Balaban J connectivity index is 2.22. The molecular weight excluding hydrogens is 158 g/mol. The Hall–Kier alpha value is -1.11. The van der Waals surface area contributed by atoms with Gasteiger partial charge in [-0.3, -0.25) is 4.99 Å². The van der Waals surface area contributed by atoms with Crippen molar-refractivity contribution in [2.24, 2.45) is 16.8 Å². The Morgan fingerprint density at radius 2 is 2.15 bits per heavy atom. The number of hydrogen-bond acceptors (Lipinski definition) is 1. The van der Waals surface area contributed by atoms with E-state index >= 15 is 0 Å². The molecule has 2 atom stereocenters. The van der Waals surface area contributed by atoms with Gasteiger partial charge in [0, 0.05) is 12.1 Å². The van der Waals surface area contributed by atoms with Crippen LogP contribution in [0.2, 0.25) is 0 Å². The van der Waals surface area contributed by atoms with Crippen molar-refractivity contribution in [2.45, 2.75) is 19.9 Å². The molecule has 1 aliphatic carbocycles. The third-order valence-corrected chi connectivity index (χ3v) is 2.61. The highest BCUT2D eigenvalue weighted by Crippen LogP contribution is 2.26. The fourth-order valence-corrected chi connectivity index (χ4v) is 1.74. The van der Waals surface area contributed by atoms with Gasteiger partial charge in [0.05, 0.1) is 6.04 Å². The first-order chi connectivity index (χ1) is 6.27. The van der Waals surface area contributed by atoms with Crippen LogP contribution in [0.15, 0.2) is 40.9 Å². The summed E-state index contributed by atoms with van der Waals surface area (Å²) in [5.74, 6) is 1.11. The zero-order chi connectivity index (χ0) is 9.26. The summed E-state index contributed by atoms with van der Waals surface area (Å²) >= 11 is 0. The molecule has 0 bridgehead atoms. The van der Waals surface area contributed by atoms with E-state index in [1.165, 1.54) is 5.57 Å². The van der Waals surface area contributed by atoms with Crippen LogP contribution in [0.1, 0.15) is 13.8 Å². The average molecular weight is 173 g/mol. The lowest BCUT2D eigenvalue weighted by Gasteiger charge is -2.23. The van der Waals surface area contributed by atoms with Crippen LogP contribution in [0, 0.1) is 11.8 Å². The van der Waals surface area contributed by atoms with Crippen molar-refractivity contribution in [3.63, 3.8) is 0 Å². The molecule has 1 aliphatic heterocycles. The molecule has 0 aromatic heterocycles. The Morgan fingerprint density at radius 1 is 1.31 bits per heavy atom. The summed E-state index contributed by atoms with van der Waals surface area (Å²) in [7, 11) is 0. The van der Waals surface area contributed by atoms with E-state index in [2.05, 4.69) is 43.1 Å². The van der Waals surface area contributed by atoms with Gasteiger partial charge in [-0.25, -0.2) is 0 Å². The van der Waals surface area contributed by atoms with E-state index < -0.39 is 0 Å². The molecule has 2 aliphatic rings. The van der Waals surface area contributed by atoms with Crippen LogP contribution in [-0.2, 0) is 0 Å². The summed E-state index contributed by atoms with van der Waals surface area (Å²) in [4.78, 5) is 4.40. The Labute approximate surface area is 79.6 Å². The molecule has 0 spiro atoms. The molecule has 0 saturated carbocycles. The van der Waals surface area contributed by atoms with E-state index in [4.69, 9.17) is 0 Å². The van der Waals surface area contributed by atoms with E-state index in [0.29, 0.717) is 17.9 Å². The second-order valence-corrected chi connectivity index (χ2v) is 3.93. The van der Waals surface area contributed by atoms with Crippen LogP contribution < -0.4 is 0 Å². The maximum absolute atomic E-state index is 4.40. The predicted molar refractivity (Wildman–Crippen MR) is 57.0 cm³/mol. The number of dihydropyridines is 1. The van der Waals surface area contributed by atoms with Crippen molar-refractivity contribution >= 4 is 6.21 Å². The second kappa shape index (κ2) is 3.33. The van der Waals surface area contributed by atoms with E-state index in [0.717, 1.165) is 0 Å². The van der Waals surface area contributed by atoms with Crippen molar-refractivity contribution in [2.75, 3.05) is 0 Å². The van der Waals surface area contributed by atoms with Gasteiger partial charge in [-0.15, -0.1) is 0 Å². The molecule has 13 heavy (non-hydrogen) atoms. The Bertz CT molecular complexity index is 305. The van der Waals surface area contributed by atoms with Gasteiger partial charge in [-0.2, -0.15) is 0 Å². The molecular formula is C12H15N. The summed E-state index contributed by atoms with van der Waals surface area (Å²) in [6, 6.07) is 0.354. The zero-order valence-corrected chi connectivity index (χ0v) is 8.14. The molecule has 0 aromatic carbocycles. The highest BCUT2D eigenvalue weighted by molar-refractivity contribution is 5.73. The summed E-state index contributed by atoms with van der Waals surface area (Å²) < 4.78 is 0. The third kappa shape index (κ3) is 1.64. The van der Waals surface area contributed by atoms with Crippen LogP contribution in [0.5, 0.6) is 0 Å². The van der Waals surface area contributed by atoms with Gasteiger partial charge in [0.2, 0.25) is 0 Å². The molecule has 68 valence electrons. The molecule has 1 nitrogen and oxygen atoms in total. The first-order valence-electron chi connectivity index (χ1n) is 4.87. The van der Waals surface area contributed by atoms with Crippen molar-refractivity contribution in [1.82, 2.24) is 0 Å². The van der Waals surface area contributed by atoms with Gasteiger partial charge in [0.1, 0.15) is 0 Å². The third-order valence-electron chi connectivity index (χ3n) is 2.61. The van der Waals surface area contributed by atoms with Crippen LogP contribution in [0.4, 0.5) is 0 Å². The molecule has 0 saturated heterocycles. The number of hydrogen-bond donors (Lipinski definition) is 0. The van der Waals surface area contributed by atoms with Gasteiger partial charge >= 0.3 is 0 Å². The topological polar surface area (TPSA) is 12.4 Å². The monoisotopic (exact) mass is 173 g/mol. The Kier molecular flexibility index (Phi) is 2.17. The number of fused-ring (bicyclic) bond motifs is 1. The fourth-order valence-electron chi connectivity index (χ4n) is 1.74. The van der Waals surface area contributed by atoms with Gasteiger partial charge in [-0.05, 0) is 17.6 Å². The minimum Gasteiger partial charge on any atom is -0.285 e. The molecule has 0 fully saturated rings. The van der Waals surface area contributed by atoms with Gasteiger partial charge in [-0.1, -0.05) is 38.2 Å². The standard InChI is InChI=1S/C12H15N/c1-9(2)10-5-6-12-11(8-10)4-3-7-13-12/h3-9,11-12H,1-2H3. The largest absolute Gasteiger partial charge is 0.285 e. The smallest absolute Gasteiger partial charge is 0.0780 e. The fraction of sp³-hybridized carbons (Fsp3) is 0.417. The van der Waals surface area contributed by atoms with E-state index in [1.807, 2.05) is 12.3 Å². The van der Waals surface area contributed by atoms with Crippen molar-refractivity contribution in [1.29, 1.82) is 0 Å². The molecule has 0 amide bonds. The number of aliphatic imine (C=N–C) groups is 1. The van der Waals surface area contributed by atoms with Crippen molar-refractivity contribution < 1.29 is 0 Å². The SMILES string of the molecule is CC(C)C1=CC2C=CC=NC2C=C1. The number of rotatable bonds is 1. The molecule has 0 aromatic rings. The summed E-state index contributed by atoms with van der Waals surface area (Å²) in [6.45, 7) is 4.46. The normalized spacial score (nSPS) is 30.5. The van der Waals surface area contributed by atoms with Crippen LogP contribution in [-0.4, -0.2) is 12.3 Å². The minimum absolute atomic E-state index is 0.354.